The first-order valence-electron chi connectivity index (χ1n) is 5.97. The van der Waals surface area contributed by atoms with Crippen LogP contribution < -0.4 is 5.32 Å². The van der Waals surface area contributed by atoms with Crippen LogP contribution in [0.3, 0.4) is 0 Å². The minimum Gasteiger partial charge on any atom is -0.385 e. The minimum absolute atomic E-state index is 0.807. The van der Waals surface area contributed by atoms with Gasteiger partial charge in [-0.25, -0.2) is 0 Å². The van der Waals surface area contributed by atoms with E-state index in [-0.39, 0.29) is 0 Å². The molecule has 0 unspecified atom stereocenters. The molecule has 0 fully saturated rings. The Labute approximate surface area is 101 Å². The van der Waals surface area contributed by atoms with E-state index in [9.17, 15) is 0 Å². The number of nitrogens with one attached hydrogen (secondary N) is 1. The van der Waals surface area contributed by atoms with Gasteiger partial charge in [-0.3, -0.25) is 0 Å². The standard InChI is InChI=1S/C14H19NS/c1-11(2)4-3-8-15-13-5-6-14-12(10-13)7-9-16-14/h5-7,9-11,15H,3-4,8H2,1-2H3. The number of thiophene rings is 1. The highest BCUT2D eigenvalue weighted by atomic mass is 32.1. The number of hydrogen-bond acceptors (Lipinski definition) is 2. The second-order valence-corrected chi connectivity index (χ2v) is 5.58. The first-order chi connectivity index (χ1) is 7.75. The summed E-state index contributed by atoms with van der Waals surface area (Å²) in [6, 6.07) is 8.79. The topological polar surface area (TPSA) is 12.0 Å². The molecule has 2 rings (SSSR count). The molecular formula is C14H19NS. The van der Waals surface area contributed by atoms with Gasteiger partial charge in [0.2, 0.25) is 0 Å². The van der Waals surface area contributed by atoms with E-state index >= 15 is 0 Å². The van der Waals surface area contributed by atoms with Crippen LogP contribution in [0.2, 0.25) is 0 Å². The van der Waals surface area contributed by atoms with Crippen LogP contribution in [-0.4, -0.2) is 6.54 Å². The van der Waals surface area contributed by atoms with Gasteiger partial charge in [0.25, 0.3) is 0 Å². The highest BCUT2D eigenvalue weighted by Gasteiger charge is 1.97. The average Bonchev–Trinajstić information content (AvgIpc) is 2.71. The molecule has 0 saturated heterocycles. The van der Waals surface area contributed by atoms with Crippen LogP contribution in [0.4, 0.5) is 5.69 Å². The fraction of sp³-hybridized carbons (Fsp3) is 0.429. The second-order valence-electron chi connectivity index (χ2n) is 4.64. The summed E-state index contributed by atoms with van der Waals surface area (Å²) in [5, 5.41) is 6.98. The van der Waals surface area contributed by atoms with E-state index in [1.807, 2.05) is 0 Å². The van der Waals surface area contributed by atoms with Gasteiger partial charge in [-0.2, -0.15) is 0 Å². The molecule has 0 aliphatic heterocycles. The molecule has 0 spiro atoms. The van der Waals surface area contributed by atoms with E-state index in [1.165, 1.54) is 28.6 Å². The van der Waals surface area contributed by atoms with Crippen molar-refractivity contribution in [3.05, 3.63) is 29.6 Å². The number of hydrogen-bond donors (Lipinski definition) is 1. The SMILES string of the molecule is CC(C)CCCNc1ccc2sccc2c1. The fourth-order valence-electron chi connectivity index (χ4n) is 1.82. The quantitative estimate of drug-likeness (QED) is 0.735. The maximum atomic E-state index is 3.49. The summed E-state index contributed by atoms with van der Waals surface area (Å²) in [5.74, 6) is 0.807. The van der Waals surface area contributed by atoms with E-state index in [0.29, 0.717) is 0 Å². The maximum absolute atomic E-state index is 3.49. The molecule has 0 aliphatic carbocycles. The van der Waals surface area contributed by atoms with Crippen LogP contribution in [-0.2, 0) is 0 Å². The fourth-order valence-corrected chi connectivity index (χ4v) is 2.59. The Kier molecular flexibility index (Phi) is 3.83. The largest absolute Gasteiger partial charge is 0.385 e. The Bertz CT molecular complexity index is 445. The van der Waals surface area contributed by atoms with E-state index in [1.54, 1.807) is 11.3 Å². The number of fused-ring (bicyclic) bond motifs is 1. The molecule has 0 atom stereocenters. The molecule has 0 saturated carbocycles. The molecule has 0 aliphatic rings. The van der Waals surface area contributed by atoms with Crippen molar-refractivity contribution in [3.8, 4) is 0 Å². The Morgan fingerprint density at radius 3 is 2.94 bits per heavy atom. The van der Waals surface area contributed by atoms with Crippen molar-refractivity contribution < 1.29 is 0 Å². The molecule has 1 heterocycles. The third kappa shape index (κ3) is 2.99. The first-order valence-corrected chi connectivity index (χ1v) is 6.85. The average molecular weight is 233 g/mol. The van der Waals surface area contributed by atoms with Crippen LogP contribution in [0.15, 0.2) is 29.6 Å². The van der Waals surface area contributed by atoms with E-state index in [4.69, 9.17) is 0 Å². The number of rotatable bonds is 5. The van der Waals surface area contributed by atoms with Crippen molar-refractivity contribution in [1.82, 2.24) is 0 Å². The molecule has 2 aromatic rings. The highest BCUT2D eigenvalue weighted by Crippen LogP contribution is 2.23. The summed E-state index contributed by atoms with van der Waals surface area (Å²) in [7, 11) is 0. The predicted octanol–water partition coefficient (Wildman–Crippen LogP) is 4.75. The molecule has 1 aromatic carbocycles. The molecule has 1 nitrogen and oxygen atoms in total. The van der Waals surface area contributed by atoms with Gasteiger partial charge >= 0.3 is 0 Å². The van der Waals surface area contributed by atoms with Gasteiger partial charge in [-0.05, 0) is 53.8 Å². The lowest BCUT2D eigenvalue weighted by Crippen LogP contribution is -2.02. The number of anilines is 1. The van der Waals surface area contributed by atoms with E-state index in [2.05, 4.69) is 48.8 Å². The van der Waals surface area contributed by atoms with Gasteiger partial charge in [0, 0.05) is 16.9 Å². The van der Waals surface area contributed by atoms with Gasteiger partial charge in [0.1, 0.15) is 0 Å². The normalized spacial score (nSPS) is 11.2. The summed E-state index contributed by atoms with van der Waals surface area (Å²) in [6.07, 6.45) is 2.55. The van der Waals surface area contributed by atoms with Crippen molar-refractivity contribution in [2.24, 2.45) is 5.92 Å². The zero-order valence-electron chi connectivity index (χ0n) is 9.99. The molecule has 0 bridgehead atoms. The zero-order chi connectivity index (χ0) is 11.4. The molecular weight excluding hydrogens is 214 g/mol. The van der Waals surface area contributed by atoms with Crippen LogP contribution >= 0.6 is 11.3 Å². The minimum atomic E-state index is 0.807. The van der Waals surface area contributed by atoms with Crippen molar-refractivity contribution in [2.45, 2.75) is 26.7 Å². The molecule has 1 aromatic heterocycles. The summed E-state index contributed by atoms with van der Waals surface area (Å²) in [4.78, 5) is 0. The lowest BCUT2D eigenvalue weighted by Gasteiger charge is -2.07. The van der Waals surface area contributed by atoms with Gasteiger partial charge in [-0.15, -0.1) is 11.3 Å². The highest BCUT2D eigenvalue weighted by molar-refractivity contribution is 7.17. The van der Waals surface area contributed by atoms with Gasteiger partial charge in [-0.1, -0.05) is 13.8 Å². The summed E-state index contributed by atoms with van der Waals surface area (Å²) < 4.78 is 1.37. The summed E-state index contributed by atoms with van der Waals surface area (Å²) in [6.45, 7) is 5.63. The predicted molar refractivity (Wildman–Crippen MR) is 74.4 cm³/mol. The second kappa shape index (κ2) is 5.35. The van der Waals surface area contributed by atoms with E-state index < -0.39 is 0 Å². The molecule has 0 amide bonds. The Hall–Kier alpha value is -1.02. The molecule has 86 valence electrons. The van der Waals surface area contributed by atoms with Crippen molar-refractivity contribution in [1.29, 1.82) is 0 Å². The Morgan fingerprint density at radius 2 is 2.12 bits per heavy atom. The molecule has 2 heteroatoms. The summed E-state index contributed by atoms with van der Waals surface area (Å²) in [5.41, 5.74) is 1.25. The van der Waals surface area contributed by atoms with Crippen molar-refractivity contribution in [2.75, 3.05) is 11.9 Å². The molecule has 16 heavy (non-hydrogen) atoms. The van der Waals surface area contributed by atoms with E-state index in [0.717, 1.165) is 12.5 Å². The van der Waals surface area contributed by atoms with Crippen LogP contribution in [0, 0.1) is 5.92 Å². The Morgan fingerprint density at radius 1 is 1.25 bits per heavy atom. The van der Waals surface area contributed by atoms with Gasteiger partial charge < -0.3 is 5.32 Å². The third-order valence-electron chi connectivity index (χ3n) is 2.74. The maximum Gasteiger partial charge on any atom is 0.0347 e. The van der Waals surface area contributed by atoms with Gasteiger partial charge in [0.05, 0.1) is 0 Å². The van der Waals surface area contributed by atoms with Crippen LogP contribution in [0.25, 0.3) is 10.1 Å². The van der Waals surface area contributed by atoms with Crippen LogP contribution in [0.5, 0.6) is 0 Å². The number of benzene rings is 1. The zero-order valence-corrected chi connectivity index (χ0v) is 10.8. The Balaban J connectivity index is 1.89. The lowest BCUT2D eigenvalue weighted by atomic mass is 10.1. The summed E-state index contributed by atoms with van der Waals surface area (Å²) >= 11 is 1.80. The van der Waals surface area contributed by atoms with Gasteiger partial charge in [0.15, 0.2) is 0 Å². The lowest BCUT2D eigenvalue weighted by molar-refractivity contribution is 0.567. The molecule has 0 radical (unpaired) electrons. The van der Waals surface area contributed by atoms with Crippen molar-refractivity contribution >= 4 is 27.1 Å². The van der Waals surface area contributed by atoms with Crippen LogP contribution in [0.1, 0.15) is 26.7 Å². The monoisotopic (exact) mass is 233 g/mol. The third-order valence-corrected chi connectivity index (χ3v) is 3.64. The smallest absolute Gasteiger partial charge is 0.0347 e. The first kappa shape index (κ1) is 11.5. The van der Waals surface area contributed by atoms with Crippen molar-refractivity contribution in [3.63, 3.8) is 0 Å². The molecule has 1 N–H and O–H groups in total.